The molecule has 2 nitrogen and oxygen atoms in total. The van der Waals surface area contributed by atoms with Crippen molar-refractivity contribution in [3.63, 3.8) is 0 Å². The molecule has 0 aromatic heterocycles. The molecule has 3 rings (SSSR count). The van der Waals surface area contributed by atoms with Crippen LogP contribution in [-0.2, 0) is 6.42 Å². The first kappa shape index (κ1) is 12.1. The van der Waals surface area contributed by atoms with Gasteiger partial charge in [-0.2, -0.15) is 0 Å². The summed E-state index contributed by atoms with van der Waals surface area (Å²) in [5.74, 6) is -1.16. The summed E-state index contributed by atoms with van der Waals surface area (Å²) in [5, 5.41) is 10.5. The third kappa shape index (κ3) is 2.54. The number of hydrogen-bond donors (Lipinski definition) is 1. The summed E-state index contributed by atoms with van der Waals surface area (Å²) in [6.07, 6.45) is 3.43. The standard InChI is InChI=1S/C14H17F2NO/c15-11-5-10(6-12(16)7-11)8-14(18)3-4-17(9-14)13-1-2-13/h5-7,13,18H,1-4,8-9H2. The van der Waals surface area contributed by atoms with Gasteiger partial charge in [0.05, 0.1) is 5.60 Å². The second-order valence-corrected chi connectivity index (χ2v) is 5.63. The van der Waals surface area contributed by atoms with Crippen LogP contribution in [0, 0.1) is 11.6 Å². The molecular weight excluding hydrogens is 236 g/mol. The van der Waals surface area contributed by atoms with Gasteiger partial charge in [-0.15, -0.1) is 0 Å². The van der Waals surface area contributed by atoms with Crippen LogP contribution in [0.4, 0.5) is 8.78 Å². The van der Waals surface area contributed by atoms with E-state index in [1.165, 1.54) is 25.0 Å². The van der Waals surface area contributed by atoms with Crippen LogP contribution in [0.2, 0.25) is 0 Å². The SMILES string of the molecule is OC1(Cc2cc(F)cc(F)c2)CCN(C2CC2)C1. The van der Waals surface area contributed by atoms with Crippen molar-refractivity contribution in [1.82, 2.24) is 4.90 Å². The topological polar surface area (TPSA) is 23.5 Å². The summed E-state index contributed by atoms with van der Waals surface area (Å²) < 4.78 is 26.2. The number of benzene rings is 1. The largest absolute Gasteiger partial charge is 0.388 e. The summed E-state index contributed by atoms with van der Waals surface area (Å²) >= 11 is 0. The molecule has 1 unspecified atom stereocenters. The summed E-state index contributed by atoms with van der Waals surface area (Å²) in [6, 6.07) is 4.10. The molecule has 98 valence electrons. The van der Waals surface area contributed by atoms with Crippen LogP contribution >= 0.6 is 0 Å². The lowest BCUT2D eigenvalue weighted by Gasteiger charge is -2.23. The van der Waals surface area contributed by atoms with Crippen LogP contribution in [-0.4, -0.2) is 34.7 Å². The molecule has 4 heteroatoms. The van der Waals surface area contributed by atoms with Gasteiger partial charge in [0.15, 0.2) is 0 Å². The lowest BCUT2D eigenvalue weighted by atomic mass is 9.93. The molecule has 0 radical (unpaired) electrons. The minimum Gasteiger partial charge on any atom is -0.388 e. The number of likely N-dealkylation sites (tertiary alicyclic amines) is 1. The van der Waals surface area contributed by atoms with Gasteiger partial charge in [-0.3, -0.25) is 4.90 Å². The lowest BCUT2D eigenvalue weighted by Crippen LogP contribution is -2.36. The van der Waals surface area contributed by atoms with Crippen molar-refractivity contribution in [3.8, 4) is 0 Å². The van der Waals surface area contributed by atoms with Gasteiger partial charge in [0.25, 0.3) is 0 Å². The van der Waals surface area contributed by atoms with E-state index in [0.29, 0.717) is 31.0 Å². The van der Waals surface area contributed by atoms with Gasteiger partial charge in [-0.25, -0.2) is 8.78 Å². The van der Waals surface area contributed by atoms with Crippen LogP contribution in [0.25, 0.3) is 0 Å². The number of hydrogen-bond acceptors (Lipinski definition) is 2. The highest BCUT2D eigenvalue weighted by molar-refractivity contribution is 5.20. The number of nitrogens with zero attached hydrogens (tertiary/aromatic N) is 1. The highest BCUT2D eigenvalue weighted by atomic mass is 19.1. The molecule has 1 atom stereocenters. The smallest absolute Gasteiger partial charge is 0.126 e. The zero-order chi connectivity index (χ0) is 12.8. The van der Waals surface area contributed by atoms with Crippen molar-refractivity contribution in [3.05, 3.63) is 35.4 Å². The molecular formula is C14H17F2NO. The minimum absolute atomic E-state index is 0.324. The Kier molecular flexibility index (Phi) is 2.87. The summed E-state index contributed by atoms with van der Waals surface area (Å²) in [5.41, 5.74) is -0.296. The van der Waals surface area contributed by atoms with Crippen molar-refractivity contribution in [2.75, 3.05) is 13.1 Å². The molecule has 1 aromatic rings. The monoisotopic (exact) mass is 253 g/mol. The minimum atomic E-state index is -0.831. The van der Waals surface area contributed by atoms with Gasteiger partial charge >= 0.3 is 0 Å². The van der Waals surface area contributed by atoms with Gasteiger partial charge in [0, 0.05) is 31.6 Å². The number of β-amino-alcohol motifs (C(OH)–C–C–N with tert-alkyl or cyclic N) is 1. The van der Waals surface area contributed by atoms with Crippen LogP contribution in [0.5, 0.6) is 0 Å². The first-order chi connectivity index (χ1) is 8.54. The quantitative estimate of drug-likeness (QED) is 0.891. The van der Waals surface area contributed by atoms with Crippen LogP contribution in [0.15, 0.2) is 18.2 Å². The van der Waals surface area contributed by atoms with Crippen molar-refractivity contribution in [2.24, 2.45) is 0 Å². The van der Waals surface area contributed by atoms with E-state index in [9.17, 15) is 13.9 Å². The Morgan fingerprint density at radius 3 is 2.50 bits per heavy atom. The normalized spacial score (nSPS) is 28.8. The maximum absolute atomic E-state index is 13.1. The molecule has 1 saturated heterocycles. The summed E-state index contributed by atoms with van der Waals surface area (Å²) in [7, 11) is 0. The fourth-order valence-electron chi connectivity index (χ4n) is 2.88. The Morgan fingerprint density at radius 1 is 1.22 bits per heavy atom. The van der Waals surface area contributed by atoms with Crippen LogP contribution in [0.1, 0.15) is 24.8 Å². The van der Waals surface area contributed by atoms with E-state index < -0.39 is 17.2 Å². The molecule has 1 heterocycles. The molecule has 0 amide bonds. The number of halogens is 2. The van der Waals surface area contributed by atoms with E-state index in [0.717, 1.165) is 12.6 Å². The zero-order valence-corrected chi connectivity index (χ0v) is 10.2. The third-order valence-electron chi connectivity index (χ3n) is 3.88. The van der Waals surface area contributed by atoms with Gasteiger partial charge in [0.2, 0.25) is 0 Å². The second kappa shape index (κ2) is 4.28. The average Bonchev–Trinajstić information content (AvgIpc) is 3.02. The predicted molar refractivity (Wildman–Crippen MR) is 64.2 cm³/mol. The number of aliphatic hydroxyl groups is 1. The Balaban J connectivity index is 1.71. The Morgan fingerprint density at radius 2 is 1.89 bits per heavy atom. The third-order valence-corrected chi connectivity index (χ3v) is 3.88. The van der Waals surface area contributed by atoms with Crippen LogP contribution < -0.4 is 0 Å². The Labute approximate surface area is 105 Å². The van der Waals surface area contributed by atoms with E-state index in [-0.39, 0.29) is 0 Å². The highest BCUT2D eigenvalue weighted by Crippen LogP contribution is 2.34. The van der Waals surface area contributed by atoms with E-state index in [2.05, 4.69) is 4.90 Å². The maximum Gasteiger partial charge on any atom is 0.126 e. The second-order valence-electron chi connectivity index (χ2n) is 5.63. The molecule has 1 aliphatic heterocycles. The molecule has 1 aromatic carbocycles. The van der Waals surface area contributed by atoms with Gasteiger partial charge in [0.1, 0.15) is 11.6 Å². The van der Waals surface area contributed by atoms with E-state index in [4.69, 9.17) is 0 Å². The molecule has 2 aliphatic rings. The fraction of sp³-hybridized carbons (Fsp3) is 0.571. The van der Waals surface area contributed by atoms with E-state index >= 15 is 0 Å². The molecule has 1 saturated carbocycles. The highest BCUT2D eigenvalue weighted by Gasteiger charge is 2.41. The summed E-state index contributed by atoms with van der Waals surface area (Å²) in [4.78, 5) is 2.29. The average molecular weight is 253 g/mol. The van der Waals surface area contributed by atoms with Crippen molar-refractivity contribution < 1.29 is 13.9 Å². The molecule has 1 N–H and O–H groups in total. The molecule has 0 spiro atoms. The van der Waals surface area contributed by atoms with Gasteiger partial charge < -0.3 is 5.11 Å². The zero-order valence-electron chi connectivity index (χ0n) is 10.2. The van der Waals surface area contributed by atoms with Gasteiger partial charge in [-0.05, 0) is 37.0 Å². The first-order valence-electron chi connectivity index (χ1n) is 6.45. The van der Waals surface area contributed by atoms with Crippen molar-refractivity contribution >= 4 is 0 Å². The molecule has 1 aliphatic carbocycles. The van der Waals surface area contributed by atoms with E-state index in [1.807, 2.05) is 0 Å². The maximum atomic E-state index is 13.1. The molecule has 0 bridgehead atoms. The van der Waals surface area contributed by atoms with Crippen molar-refractivity contribution in [1.29, 1.82) is 0 Å². The Hall–Kier alpha value is -1.00. The first-order valence-corrected chi connectivity index (χ1v) is 6.45. The molecule has 18 heavy (non-hydrogen) atoms. The fourth-order valence-corrected chi connectivity index (χ4v) is 2.88. The van der Waals surface area contributed by atoms with E-state index in [1.54, 1.807) is 0 Å². The van der Waals surface area contributed by atoms with Crippen molar-refractivity contribution in [2.45, 2.75) is 37.3 Å². The lowest BCUT2D eigenvalue weighted by molar-refractivity contribution is 0.0486. The Bertz CT molecular complexity index is 441. The van der Waals surface area contributed by atoms with Crippen LogP contribution in [0.3, 0.4) is 0 Å². The number of rotatable bonds is 3. The van der Waals surface area contributed by atoms with Gasteiger partial charge in [-0.1, -0.05) is 0 Å². The summed E-state index contributed by atoms with van der Waals surface area (Å²) in [6.45, 7) is 1.51. The molecule has 2 fully saturated rings. The predicted octanol–water partition coefficient (Wildman–Crippen LogP) is 2.11.